The molecule has 0 amide bonds. The van der Waals surface area contributed by atoms with Gasteiger partial charge in [0.1, 0.15) is 0 Å². The third-order valence-electron chi connectivity index (χ3n) is 2.09. The molecule has 1 aliphatic heterocycles. The molecule has 0 saturated carbocycles. The van der Waals surface area contributed by atoms with E-state index in [2.05, 4.69) is 0 Å². The van der Waals surface area contributed by atoms with E-state index in [-0.39, 0.29) is 0 Å². The summed E-state index contributed by atoms with van der Waals surface area (Å²) < 4.78 is 34.7. The first kappa shape index (κ1) is 9.36. The fourth-order valence-corrected chi connectivity index (χ4v) is 6.81. The molecule has 0 nitrogen and oxygen atoms in total. The van der Waals surface area contributed by atoms with Gasteiger partial charge in [0.05, 0.1) is 0 Å². The Labute approximate surface area is 81.4 Å². The summed E-state index contributed by atoms with van der Waals surface area (Å²) in [7, 11) is 0. The summed E-state index contributed by atoms with van der Waals surface area (Å²) in [4.78, 5) is 0. The van der Waals surface area contributed by atoms with Crippen molar-refractivity contribution in [2.45, 2.75) is 15.1 Å². The van der Waals surface area contributed by atoms with Crippen molar-refractivity contribution >= 4 is 23.2 Å². The molecule has 70 valence electrons. The number of rotatable bonds is 0. The molecule has 1 heterocycles. The predicted octanol–water partition coefficient (Wildman–Crippen LogP) is 2.05. The summed E-state index contributed by atoms with van der Waals surface area (Å²) in [5, 5.41) is 0. The minimum absolute atomic E-state index is 0.381. The topological polar surface area (TPSA) is 0 Å². The molecule has 1 aromatic rings. The minimum atomic E-state index is -3.91. The van der Waals surface area contributed by atoms with Crippen LogP contribution in [0.1, 0.15) is 5.56 Å². The van der Waals surface area contributed by atoms with Crippen molar-refractivity contribution in [2.24, 2.45) is 0 Å². The predicted molar refractivity (Wildman–Crippen MR) is 46.4 cm³/mol. The third kappa shape index (κ3) is 1.70. The average Bonchev–Trinajstić information content (AvgIpc) is 2.45. The summed E-state index contributed by atoms with van der Waals surface area (Å²) in [6, 6.07) is 7.01. The second kappa shape index (κ2) is 3.18. The Kier molecular flexibility index (Phi) is 2.29. The van der Waals surface area contributed by atoms with Crippen LogP contribution in [-0.2, 0) is 6.42 Å². The molecule has 0 bridgehead atoms. The number of hydrogen-bond donors (Lipinski definition) is 0. The van der Waals surface area contributed by atoms with E-state index in [0.717, 1.165) is 5.56 Å². The molecule has 0 N–H and O–H groups in total. The second-order valence-corrected chi connectivity index (χ2v) is 8.87. The third-order valence-corrected chi connectivity index (χ3v) is 8.09. The summed E-state index contributed by atoms with van der Waals surface area (Å²) in [5.74, 6) is 0. The maximum atomic E-state index is 12.5. The summed E-state index contributed by atoms with van der Waals surface area (Å²) >= 11 is -2.99. The molecule has 0 aliphatic carbocycles. The number of benzene rings is 1. The average molecular weight is 301 g/mol. The normalized spacial score (nSPS) is 17.5. The van der Waals surface area contributed by atoms with E-state index in [9.17, 15) is 13.2 Å². The molecule has 0 saturated heterocycles. The van der Waals surface area contributed by atoms with Crippen LogP contribution in [-0.4, -0.2) is 23.8 Å². The fraction of sp³-hybridized carbons (Fsp3) is 0.333. The van der Waals surface area contributed by atoms with Crippen LogP contribution >= 0.6 is 0 Å². The standard InChI is InChI=1S/C9H8F3Te/c10-9(11,12)13-6-5-7-3-1-2-4-8(7)13/h1-4H,5-6H2/q+1. The molecule has 0 atom stereocenters. The molecular weight excluding hydrogens is 293 g/mol. The van der Waals surface area contributed by atoms with Gasteiger partial charge >= 0.3 is 81.3 Å². The van der Waals surface area contributed by atoms with Gasteiger partial charge in [-0.15, -0.1) is 0 Å². The number of alkyl halides is 3. The van der Waals surface area contributed by atoms with Crippen LogP contribution in [0.15, 0.2) is 24.3 Å². The van der Waals surface area contributed by atoms with Crippen LogP contribution in [0.25, 0.3) is 0 Å². The van der Waals surface area contributed by atoms with E-state index >= 15 is 0 Å². The van der Waals surface area contributed by atoms with Crippen LogP contribution < -0.4 is 3.61 Å². The molecule has 1 aromatic carbocycles. The van der Waals surface area contributed by atoms with Crippen molar-refractivity contribution in [3.05, 3.63) is 29.8 Å². The molecule has 4 heteroatoms. The molecule has 13 heavy (non-hydrogen) atoms. The van der Waals surface area contributed by atoms with Gasteiger partial charge in [0.15, 0.2) is 0 Å². The van der Waals surface area contributed by atoms with Gasteiger partial charge < -0.3 is 0 Å². The molecule has 0 unspecified atom stereocenters. The summed E-state index contributed by atoms with van der Waals surface area (Å²) in [5.41, 5.74) is 0.927. The number of aryl methyl sites for hydroxylation is 1. The van der Waals surface area contributed by atoms with Crippen molar-refractivity contribution in [3.63, 3.8) is 0 Å². The van der Waals surface area contributed by atoms with Crippen molar-refractivity contribution in [2.75, 3.05) is 0 Å². The Morgan fingerprint density at radius 3 is 2.54 bits per heavy atom. The zero-order valence-electron chi connectivity index (χ0n) is 6.77. The van der Waals surface area contributed by atoms with Gasteiger partial charge in [0.25, 0.3) is 0 Å². The molecule has 2 rings (SSSR count). The van der Waals surface area contributed by atoms with Crippen molar-refractivity contribution < 1.29 is 13.2 Å². The van der Waals surface area contributed by atoms with Crippen LogP contribution in [0.4, 0.5) is 13.2 Å². The van der Waals surface area contributed by atoms with E-state index in [0.29, 0.717) is 14.5 Å². The molecule has 0 fully saturated rings. The van der Waals surface area contributed by atoms with Crippen molar-refractivity contribution in [1.29, 1.82) is 0 Å². The van der Waals surface area contributed by atoms with Crippen LogP contribution in [0.3, 0.4) is 0 Å². The second-order valence-electron chi connectivity index (χ2n) is 2.90. The first-order valence-electron chi connectivity index (χ1n) is 3.94. The van der Waals surface area contributed by atoms with Gasteiger partial charge in [0, 0.05) is 0 Å². The van der Waals surface area contributed by atoms with E-state index in [4.69, 9.17) is 0 Å². The first-order chi connectivity index (χ1) is 6.09. The zero-order valence-corrected chi connectivity index (χ0v) is 9.10. The Hall–Kier alpha value is -0.200. The molecular formula is C9H8F3Te+. The Morgan fingerprint density at radius 2 is 1.85 bits per heavy atom. The van der Waals surface area contributed by atoms with E-state index in [1.807, 2.05) is 12.1 Å². The number of fused-ring (bicyclic) bond motifs is 1. The quantitative estimate of drug-likeness (QED) is 0.643. The van der Waals surface area contributed by atoms with Gasteiger partial charge in [-0.05, 0) is 0 Å². The first-order valence-corrected chi connectivity index (χ1v) is 7.92. The van der Waals surface area contributed by atoms with Gasteiger partial charge in [-0.3, -0.25) is 0 Å². The molecule has 1 aliphatic rings. The van der Waals surface area contributed by atoms with Gasteiger partial charge in [0.2, 0.25) is 0 Å². The van der Waals surface area contributed by atoms with Crippen LogP contribution in [0.2, 0.25) is 4.47 Å². The van der Waals surface area contributed by atoms with Crippen molar-refractivity contribution in [3.8, 4) is 0 Å². The van der Waals surface area contributed by atoms with Gasteiger partial charge in [-0.1, -0.05) is 0 Å². The van der Waals surface area contributed by atoms with Crippen molar-refractivity contribution in [1.82, 2.24) is 0 Å². The Morgan fingerprint density at radius 1 is 1.15 bits per heavy atom. The monoisotopic (exact) mass is 303 g/mol. The van der Waals surface area contributed by atoms with Gasteiger partial charge in [-0.25, -0.2) is 0 Å². The maximum absolute atomic E-state index is 12.5. The molecule has 0 aromatic heterocycles. The zero-order chi connectivity index (χ0) is 9.47. The summed E-state index contributed by atoms with van der Waals surface area (Å²) in [6.45, 7) is 0. The Bertz CT molecular complexity index is 319. The van der Waals surface area contributed by atoms with Crippen LogP contribution in [0, 0.1) is 0 Å². The number of halogens is 3. The molecule has 0 radical (unpaired) electrons. The van der Waals surface area contributed by atoms with E-state index in [1.54, 1.807) is 12.1 Å². The van der Waals surface area contributed by atoms with E-state index in [1.165, 1.54) is 0 Å². The summed E-state index contributed by atoms with van der Waals surface area (Å²) in [6.07, 6.45) is 0.631. The Balaban J connectivity index is 2.39. The van der Waals surface area contributed by atoms with E-state index < -0.39 is 23.8 Å². The van der Waals surface area contributed by atoms with Crippen LogP contribution in [0.5, 0.6) is 0 Å². The number of hydrogen-bond acceptors (Lipinski definition) is 0. The molecule has 0 spiro atoms. The SMILES string of the molecule is FC(F)(F)[Te+]1CCc2ccccc21. The van der Waals surface area contributed by atoms with Gasteiger partial charge in [-0.2, -0.15) is 0 Å². The fourth-order valence-electron chi connectivity index (χ4n) is 1.51.